The molecule has 1 fully saturated rings. The monoisotopic (exact) mass is 245 g/mol. The van der Waals surface area contributed by atoms with E-state index in [4.69, 9.17) is 9.84 Å². The fourth-order valence-corrected chi connectivity index (χ4v) is 1.57. The molecule has 0 aliphatic carbocycles. The Labute approximate surface area is 100 Å². The highest BCUT2D eigenvalue weighted by atomic mass is 16.5. The van der Waals surface area contributed by atoms with Crippen LogP contribution in [-0.2, 0) is 9.53 Å². The van der Waals surface area contributed by atoms with E-state index >= 15 is 0 Å². The van der Waals surface area contributed by atoms with Crippen molar-refractivity contribution in [3.63, 3.8) is 0 Å². The molecule has 7 heteroatoms. The van der Waals surface area contributed by atoms with Gasteiger partial charge in [0.1, 0.15) is 6.54 Å². The van der Waals surface area contributed by atoms with Crippen LogP contribution in [0.2, 0.25) is 0 Å². The molecule has 0 atom stereocenters. The van der Waals surface area contributed by atoms with Crippen LogP contribution >= 0.6 is 0 Å². The van der Waals surface area contributed by atoms with E-state index in [0.29, 0.717) is 32.8 Å². The lowest BCUT2D eigenvalue weighted by molar-refractivity contribution is -0.137. The van der Waals surface area contributed by atoms with E-state index in [-0.39, 0.29) is 12.6 Å². The van der Waals surface area contributed by atoms with Crippen molar-refractivity contribution in [3.8, 4) is 0 Å². The number of nitrogens with zero attached hydrogens (tertiary/aromatic N) is 2. The van der Waals surface area contributed by atoms with Crippen molar-refractivity contribution >= 4 is 12.0 Å². The Bertz CT molecular complexity index is 266. The predicted molar refractivity (Wildman–Crippen MR) is 60.4 cm³/mol. The summed E-state index contributed by atoms with van der Waals surface area (Å²) in [5, 5.41) is 10.5. The number of rotatable bonds is 5. The van der Waals surface area contributed by atoms with Gasteiger partial charge in [0, 0.05) is 19.6 Å². The average molecular weight is 245 g/mol. The quantitative estimate of drug-likeness (QED) is 0.697. The number of carboxylic acid groups (broad SMARTS) is 1. The Hall–Kier alpha value is -1.34. The Morgan fingerprint density at radius 1 is 1.41 bits per heavy atom. The molecular weight excluding hydrogens is 226 g/mol. The molecule has 1 rings (SSSR count). The number of ether oxygens (including phenoxy) is 1. The number of carbonyl (C=O) groups excluding carboxylic acids is 1. The van der Waals surface area contributed by atoms with Gasteiger partial charge in [-0.3, -0.25) is 10.2 Å². The maximum absolute atomic E-state index is 11.8. The Kier molecular flexibility index (Phi) is 5.71. The summed E-state index contributed by atoms with van der Waals surface area (Å²) >= 11 is 0. The first kappa shape index (κ1) is 13.7. The number of amides is 2. The molecule has 1 saturated heterocycles. The number of hydrogen-bond acceptors (Lipinski definition) is 4. The maximum atomic E-state index is 11.8. The number of urea groups is 1. The summed E-state index contributed by atoms with van der Waals surface area (Å²) < 4.78 is 5.15. The lowest BCUT2D eigenvalue weighted by atomic mass is 10.4. The summed E-state index contributed by atoms with van der Waals surface area (Å²) in [6.07, 6.45) is 0.726. The van der Waals surface area contributed by atoms with E-state index in [0.717, 1.165) is 6.42 Å². The topological polar surface area (TPSA) is 82.1 Å². The van der Waals surface area contributed by atoms with E-state index < -0.39 is 5.97 Å². The normalized spacial score (nSPS) is 16.5. The minimum atomic E-state index is -1.00. The fourth-order valence-electron chi connectivity index (χ4n) is 1.57. The number of morpholine rings is 1. The molecule has 1 aliphatic heterocycles. The Balaban J connectivity index is 2.42. The van der Waals surface area contributed by atoms with Gasteiger partial charge >= 0.3 is 12.0 Å². The molecule has 1 heterocycles. The minimum Gasteiger partial charge on any atom is -0.480 e. The van der Waals surface area contributed by atoms with Gasteiger partial charge in [-0.25, -0.2) is 9.80 Å². The number of hydrogen-bond donors (Lipinski definition) is 2. The first-order valence-corrected chi connectivity index (χ1v) is 5.73. The summed E-state index contributed by atoms with van der Waals surface area (Å²) in [6, 6.07) is -0.365. The molecule has 17 heavy (non-hydrogen) atoms. The predicted octanol–water partition coefficient (Wildman–Crippen LogP) is -0.260. The number of hydrazine groups is 1. The van der Waals surface area contributed by atoms with Gasteiger partial charge in [0.25, 0.3) is 0 Å². The van der Waals surface area contributed by atoms with Crippen molar-refractivity contribution in [3.05, 3.63) is 0 Å². The van der Waals surface area contributed by atoms with Crippen LogP contribution in [0.4, 0.5) is 4.79 Å². The van der Waals surface area contributed by atoms with Crippen molar-refractivity contribution < 1.29 is 19.4 Å². The standard InChI is InChI=1S/C10H19N3O4/c1-2-3-12(8-9(14)15)10(16)11-13-4-6-17-7-5-13/h2-8H2,1H3,(H,11,16)(H,14,15). The summed E-state index contributed by atoms with van der Waals surface area (Å²) in [5.74, 6) is -1.00. The van der Waals surface area contributed by atoms with Gasteiger partial charge in [0.15, 0.2) is 0 Å². The van der Waals surface area contributed by atoms with Crippen LogP contribution in [0.3, 0.4) is 0 Å². The molecule has 2 N–H and O–H groups in total. The van der Waals surface area contributed by atoms with Gasteiger partial charge in [-0.1, -0.05) is 6.92 Å². The van der Waals surface area contributed by atoms with Crippen molar-refractivity contribution in [2.45, 2.75) is 13.3 Å². The van der Waals surface area contributed by atoms with Gasteiger partial charge < -0.3 is 14.7 Å². The molecule has 1 aliphatic rings. The van der Waals surface area contributed by atoms with Crippen molar-refractivity contribution in [1.82, 2.24) is 15.3 Å². The first-order chi connectivity index (χ1) is 8.13. The van der Waals surface area contributed by atoms with Gasteiger partial charge in [0.2, 0.25) is 0 Å². The van der Waals surface area contributed by atoms with E-state index in [1.165, 1.54) is 4.90 Å². The number of nitrogens with one attached hydrogen (secondary N) is 1. The first-order valence-electron chi connectivity index (χ1n) is 5.73. The SMILES string of the molecule is CCCN(CC(=O)O)C(=O)NN1CCOCC1. The largest absolute Gasteiger partial charge is 0.480 e. The van der Waals surface area contributed by atoms with Gasteiger partial charge in [-0.05, 0) is 6.42 Å². The summed E-state index contributed by atoms with van der Waals surface area (Å²) in [6.45, 7) is 4.46. The lowest BCUT2D eigenvalue weighted by Crippen LogP contribution is -2.53. The van der Waals surface area contributed by atoms with E-state index in [2.05, 4.69) is 5.43 Å². The zero-order valence-corrected chi connectivity index (χ0v) is 10.0. The highest BCUT2D eigenvalue weighted by Crippen LogP contribution is 1.97. The maximum Gasteiger partial charge on any atom is 0.332 e. The van der Waals surface area contributed by atoms with Crippen molar-refractivity contribution in [2.24, 2.45) is 0 Å². The van der Waals surface area contributed by atoms with E-state index in [1.54, 1.807) is 5.01 Å². The highest BCUT2D eigenvalue weighted by Gasteiger charge is 2.19. The molecule has 98 valence electrons. The third kappa shape index (κ3) is 5.01. The van der Waals surface area contributed by atoms with Crippen LogP contribution in [-0.4, -0.2) is 66.4 Å². The summed E-state index contributed by atoms with van der Waals surface area (Å²) in [5.41, 5.74) is 2.69. The zero-order chi connectivity index (χ0) is 12.7. The fraction of sp³-hybridized carbons (Fsp3) is 0.800. The molecule has 7 nitrogen and oxygen atoms in total. The molecule has 0 aromatic heterocycles. The second-order valence-corrected chi connectivity index (χ2v) is 3.83. The minimum absolute atomic E-state index is 0.274. The van der Waals surface area contributed by atoms with Crippen molar-refractivity contribution in [2.75, 3.05) is 39.4 Å². The van der Waals surface area contributed by atoms with Crippen LogP contribution in [0.1, 0.15) is 13.3 Å². The Morgan fingerprint density at radius 2 is 2.06 bits per heavy atom. The molecule has 0 bridgehead atoms. The molecule has 0 spiro atoms. The van der Waals surface area contributed by atoms with Crippen LogP contribution in [0, 0.1) is 0 Å². The number of carboxylic acids is 1. The van der Waals surface area contributed by atoms with Crippen LogP contribution in [0.15, 0.2) is 0 Å². The van der Waals surface area contributed by atoms with E-state index in [9.17, 15) is 9.59 Å². The van der Waals surface area contributed by atoms with Crippen LogP contribution < -0.4 is 5.43 Å². The molecule has 0 saturated carbocycles. The average Bonchev–Trinajstić information content (AvgIpc) is 2.29. The summed E-state index contributed by atoms with van der Waals surface area (Å²) in [7, 11) is 0. The van der Waals surface area contributed by atoms with Gasteiger partial charge in [-0.2, -0.15) is 0 Å². The molecule has 0 radical (unpaired) electrons. The zero-order valence-electron chi connectivity index (χ0n) is 10.0. The third-order valence-electron chi connectivity index (χ3n) is 2.37. The molecule has 0 aromatic rings. The Morgan fingerprint density at radius 3 is 2.59 bits per heavy atom. The second-order valence-electron chi connectivity index (χ2n) is 3.83. The molecular formula is C10H19N3O4. The second kappa shape index (κ2) is 7.08. The smallest absolute Gasteiger partial charge is 0.332 e. The summed E-state index contributed by atoms with van der Waals surface area (Å²) in [4.78, 5) is 23.7. The molecule has 2 amide bonds. The van der Waals surface area contributed by atoms with Gasteiger partial charge in [-0.15, -0.1) is 0 Å². The van der Waals surface area contributed by atoms with Crippen LogP contribution in [0.5, 0.6) is 0 Å². The third-order valence-corrected chi connectivity index (χ3v) is 2.37. The van der Waals surface area contributed by atoms with Crippen molar-refractivity contribution in [1.29, 1.82) is 0 Å². The molecule has 0 aromatic carbocycles. The lowest BCUT2D eigenvalue weighted by Gasteiger charge is -2.30. The van der Waals surface area contributed by atoms with Crippen LogP contribution in [0.25, 0.3) is 0 Å². The van der Waals surface area contributed by atoms with E-state index in [1.807, 2.05) is 6.92 Å². The highest BCUT2D eigenvalue weighted by molar-refractivity contribution is 5.79. The van der Waals surface area contributed by atoms with Gasteiger partial charge in [0.05, 0.1) is 13.2 Å². The molecule has 0 unspecified atom stereocenters. The number of aliphatic carboxylic acids is 1. The number of carbonyl (C=O) groups is 2.